The number of hydrogen-bond acceptors (Lipinski definition) is 6. The van der Waals surface area contributed by atoms with Crippen molar-refractivity contribution in [3.63, 3.8) is 0 Å². The van der Waals surface area contributed by atoms with Gasteiger partial charge in [0.05, 0.1) is 18.5 Å². The molecule has 0 amide bonds. The van der Waals surface area contributed by atoms with Gasteiger partial charge in [-0.1, -0.05) is 24.2 Å². The van der Waals surface area contributed by atoms with Crippen LogP contribution in [0.5, 0.6) is 5.75 Å². The van der Waals surface area contributed by atoms with Crippen LogP contribution in [0, 0.1) is 6.92 Å². The highest BCUT2D eigenvalue weighted by atomic mass is 32.2. The summed E-state index contributed by atoms with van der Waals surface area (Å²) >= 11 is 1.72. The highest BCUT2D eigenvalue weighted by molar-refractivity contribution is 8.00. The number of hydrogen-bond donors (Lipinski definition) is 0. The van der Waals surface area contributed by atoms with E-state index in [1.54, 1.807) is 36.0 Å². The molecule has 1 aliphatic rings. The summed E-state index contributed by atoms with van der Waals surface area (Å²) in [6, 6.07) is 14.4. The zero-order valence-electron chi connectivity index (χ0n) is 16.5. The molecular formula is C21H22N2O4S2. The Morgan fingerprint density at radius 2 is 2.03 bits per heavy atom. The van der Waals surface area contributed by atoms with Crippen LogP contribution in [0.2, 0.25) is 0 Å². The van der Waals surface area contributed by atoms with E-state index in [0.717, 1.165) is 17.0 Å². The van der Waals surface area contributed by atoms with E-state index < -0.39 is 10.0 Å². The lowest BCUT2D eigenvalue weighted by molar-refractivity contribution is 0.402. The Morgan fingerprint density at radius 1 is 1.24 bits per heavy atom. The van der Waals surface area contributed by atoms with E-state index in [-0.39, 0.29) is 10.1 Å². The Kier molecular flexibility index (Phi) is 5.31. The van der Waals surface area contributed by atoms with Crippen molar-refractivity contribution in [3.05, 3.63) is 54.2 Å². The number of para-hydroxylation sites is 1. The SMILES string of the molecule is CC[C@H]1CN(S(=O)(=O)c2cc(-c3cc(C)no3)ccc2OC)c2ccccc2S1. The van der Waals surface area contributed by atoms with Gasteiger partial charge >= 0.3 is 0 Å². The molecule has 0 saturated carbocycles. The summed E-state index contributed by atoms with van der Waals surface area (Å²) in [6.45, 7) is 4.31. The van der Waals surface area contributed by atoms with Crippen LogP contribution in [0.3, 0.4) is 0 Å². The number of fused-ring (bicyclic) bond motifs is 1. The van der Waals surface area contributed by atoms with E-state index in [2.05, 4.69) is 12.1 Å². The molecule has 0 spiro atoms. The zero-order valence-corrected chi connectivity index (χ0v) is 18.1. The third-order valence-electron chi connectivity index (χ3n) is 4.90. The summed E-state index contributed by atoms with van der Waals surface area (Å²) in [7, 11) is -2.38. The van der Waals surface area contributed by atoms with Gasteiger partial charge in [0.25, 0.3) is 10.0 Å². The summed E-state index contributed by atoms with van der Waals surface area (Å²) in [5.74, 6) is 0.816. The molecular weight excluding hydrogens is 408 g/mol. The van der Waals surface area contributed by atoms with E-state index >= 15 is 0 Å². The van der Waals surface area contributed by atoms with Crippen molar-refractivity contribution in [2.24, 2.45) is 0 Å². The Balaban J connectivity index is 1.85. The number of benzene rings is 2. The summed E-state index contributed by atoms with van der Waals surface area (Å²) in [5.41, 5.74) is 2.06. The molecule has 8 heteroatoms. The number of thioether (sulfide) groups is 1. The van der Waals surface area contributed by atoms with Crippen molar-refractivity contribution in [1.82, 2.24) is 5.16 Å². The standard InChI is InChI=1S/C21H22N2O4S2/c1-4-16-13-23(17-7-5-6-8-20(17)28-16)29(24,25)21-12-15(9-10-18(21)26-3)19-11-14(2)22-27-19/h5-12,16H,4,13H2,1-3H3/t16-/m0/s1. The van der Waals surface area contributed by atoms with Crippen LogP contribution >= 0.6 is 11.8 Å². The maximum Gasteiger partial charge on any atom is 0.268 e. The quantitative estimate of drug-likeness (QED) is 0.582. The third-order valence-corrected chi connectivity index (χ3v) is 8.11. The summed E-state index contributed by atoms with van der Waals surface area (Å²) in [4.78, 5) is 1.08. The van der Waals surface area contributed by atoms with Gasteiger partial charge in [-0.15, -0.1) is 11.8 Å². The van der Waals surface area contributed by atoms with Crippen molar-refractivity contribution < 1.29 is 17.7 Å². The fraction of sp³-hybridized carbons (Fsp3) is 0.286. The van der Waals surface area contributed by atoms with Crippen LogP contribution in [0.4, 0.5) is 5.69 Å². The van der Waals surface area contributed by atoms with Crippen LogP contribution in [0.1, 0.15) is 19.0 Å². The maximum absolute atomic E-state index is 13.8. The molecule has 152 valence electrons. The molecule has 2 heterocycles. The molecule has 1 aliphatic heterocycles. The lowest BCUT2D eigenvalue weighted by Crippen LogP contribution is -2.39. The minimum absolute atomic E-state index is 0.114. The van der Waals surface area contributed by atoms with Gasteiger partial charge in [-0.3, -0.25) is 4.31 Å². The predicted molar refractivity (Wildman–Crippen MR) is 114 cm³/mol. The van der Waals surface area contributed by atoms with E-state index in [4.69, 9.17) is 9.26 Å². The Labute approximate surface area is 174 Å². The molecule has 0 fully saturated rings. The van der Waals surface area contributed by atoms with Crippen LogP contribution in [-0.4, -0.2) is 32.5 Å². The molecule has 0 saturated heterocycles. The molecule has 3 aromatic rings. The first-order chi connectivity index (χ1) is 13.9. The molecule has 0 radical (unpaired) electrons. The molecule has 6 nitrogen and oxygen atoms in total. The van der Waals surface area contributed by atoms with Crippen LogP contribution < -0.4 is 9.04 Å². The largest absolute Gasteiger partial charge is 0.495 e. The second-order valence-electron chi connectivity index (χ2n) is 6.85. The second-order valence-corrected chi connectivity index (χ2v) is 10.0. The van der Waals surface area contributed by atoms with Crippen molar-refractivity contribution in [2.45, 2.75) is 35.3 Å². The molecule has 1 aromatic heterocycles. The normalized spacial score (nSPS) is 16.5. The number of aryl methyl sites for hydroxylation is 1. The van der Waals surface area contributed by atoms with Gasteiger partial charge in [-0.2, -0.15) is 0 Å². The molecule has 2 aromatic carbocycles. The molecule has 0 bridgehead atoms. The fourth-order valence-corrected chi connectivity index (χ4v) is 6.42. The van der Waals surface area contributed by atoms with E-state index in [1.165, 1.54) is 11.4 Å². The summed E-state index contributed by atoms with van der Waals surface area (Å²) in [6.07, 6.45) is 0.875. The Morgan fingerprint density at radius 3 is 2.72 bits per heavy atom. The lowest BCUT2D eigenvalue weighted by Gasteiger charge is -2.34. The van der Waals surface area contributed by atoms with E-state index in [1.807, 2.05) is 31.2 Å². The number of rotatable bonds is 5. The van der Waals surface area contributed by atoms with Gasteiger partial charge in [-0.25, -0.2) is 8.42 Å². The molecule has 0 N–H and O–H groups in total. The molecule has 0 unspecified atom stereocenters. The molecule has 4 rings (SSSR count). The number of sulfonamides is 1. The van der Waals surface area contributed by atoms with Crippen LogP contribution in [0.15, 0.2) is 62.8 Å². The Hall–Kier alpha value is -2.45. The first-order valence-electron chi connectivity index (χ1n) is 9.34. The molecule has 29 heavy (non-hydrogen) atoms. The average molecular weight is 431 g/mol. The van der Waals surface area contributed by atoms with Gasteiger partial charge < -0.3 is 9.26 Å². The number of ether oxygens (including phenoxy) is 1. The van der Waals surface area contributed by atoms with Gasteiger partial charge in [0.2, 0.25) is 0 Å². The monoisotopic (exact) mass is 430 g/mol. The smallest absolute Gasteiger partial charge is 0.268 e. The van der Waals surface area contributed by atoms with Crippen LogP contribution in [0.25, 0.3) is 11.3 Å². The van der Waals surface area contributed by atoms with Gasteiger partial charge in [-0.05, 0) is 43.7 Å². The highest BCUT2D eigenvalue weighted by Gasteiger charge is 2.35. The topological polar surface area (TPSA) is 72.6 Å². The van der Waals surface area contributed by atoms with E-state index in [9.17, 15) is 8.42 Å². The highest BCUT2D eigenvalue weighted by Crippen LogP contribution is 2.43. The molecule has 0 aliphatic carbocycles. The number of methoxy groups -OCH3 is 1. The number of anilines is 1. The summed E-state index contributed by atoms with van der Waals surface area (Å²) < 4.78 is 39.8. The minimum Gasteiger partial charge on any atom is -0.495 e. The maximum atomic E-state index is 13.8. The lowest BCUT2D eigenvalue weighted by atomic mass is 10.1. The van der Waals surface area contributed by atoms with Crippen molar-refractivity contribution in [2.75, 3.05) is 18.0 Å². The minimum atomic E-state index is -3.85. The van der Waals surface area contributed by atoms with Gasteiger partial charge in [0.1, 0.15) is 10.6 Å². The Bertz CT molecular complexity index is 1140. The fourth-order valence-electron chi connectivity index (χ4n) is 3.35. The van der Waals surface area contributed by atoms with Crippen molar-refractivity contribution >= 4 is 27.5 Å². The zero-order chi connectivity index (χ0) is 20.6. The first kappa shape index (κ1) is 19.8. The first-order valence-corrected chi connectivity index (χ1v) is 11.7. The van der Waals surface area contributed by atoms with Crippen molar-refractivity contribution in [3.8, 4) is 17.1 Å². The van der Waals surface area contributed by atoms with Crippen LogP contribution in [-0.2, 0) is 10.0 Å². The number of nitrogens with zero attached hydrogens (tertiary/aromatic N) is 2. The van der Waals surface area contributed by atoms with E-state index in [0.29, 0.717) is 29.3 Å². The molecule has 1 atom stereocenters. The average Bonchev–Trinajstić information content (AvgIpc) is 3.18. The third kappa shape index (κ3) is 3.62. The number of aromatic nitrogens is 1. The van der Waals surface area contributed by atoms with Gasteiger partial charge in [0, 0.05) is 28.3 Å². The summed E-state index contributed by atoms with van der Waals surface area (Å²) in [5, 5.41) is 4.09. The predicted octanol–water partition coefficient (Wildman–Crippen LogP) is 4.74. The van der Waals surface area contributed by atoms with Gasteiger partial charge in [0.15, 0.2) is 5.76 Å². The van der Waals surface area contributed by atoms with Crippen molar-refractivity contribution in [1.29, 1.82) is 0 Å². The second kappa shape index (κ2) is 7.76.